The second kappa shape index (κ2) is 4.14. The number of benzene rings is 1. The van der Waals surface area contributed by atoms with Crippen molar-refractivity contribution in [1.29, 1.82) is 0 Å². The lowest BCUT2D eigenvalue weighted by Crippen LogP contribution is -2.41. The van der Waals surface area contributed by atoms with Crippen molar-refractivity contribution in [3.63, 3.8) is 0 Å². The molecule has 3 N–H and O–H groups in total. The molecule has 0 aliphatic heterocycles. The van der Waals surface area contributed by atoms with Crippen LogP contribution in [0.5, 0.6) is 0 Å². The van der Waals surface area contributed by atoms with Gasteiger partial charge in [0.25, 0.3) is 0 Å². The van der Waals surface area contributed by atoms with Crippen LogP contribution in [0.15, 0.2) is 41.5 Å². The number of rotatable bonds is 3. The fraction of sp³-hybridized carbons (Fsp3) is 0.357. The Bertz CT molecular complexity index is 584. The highest BCUT2D eigenvalue weighted by Gasteiger charge is 2.36. The Balaban J connectivity index is 1.94. The number of aromatic nitrogens is 2. The maximum Gasteiger partial charge on any atom is 0.330 e. The standard InChI is InChI=1S/C14H17N3O/c15-10-14(6-1-7-14)11-2-4-12(5-3-11)17-9-8-16-13(17)18/h2-5,8-9H,1,6-7,10,15H2,(H,16,18). The van der Waals surface area contributed by atoms with E-state index in [1.54, 1.807) is 17.0 Å². The van der Waals surface area contributed by atoms with Crippen LogP contribution in [0.1, 0.15) is 24.8 Å². The summed E-state index contributed by atoms with van der Waals surface area (Å²) in [5.74, 6) is 0. The van der Waals surface area contributed by atoms with E-state index in [1.165, 1.54) is 24.8 Å². The number of imidazole rings is 1. The SMILES string of the molecule is NCC1(c2ccc(-n3cc[nH]c3=O)cc2)CCC1. The van der Waals surface area contributed by atoms with Gasteiger partial charge in [0.15, 0.2) is 0 Å². The average Bonchev–Trinajstić information content (AvgIpc) is 2.76. The number of nitrogens with one attached hydrogen (secondary N) is 1. The first-order valence-electron chi connectivity index (χ1n) is 6.32. The lowest BCUT2D eigenvalue weighted by atomic mass is 9.64. The number of H-pyrrole nitrogens is 1. The molecule has 4 heteroatoms. The Labute approximate surface area is 105 Å². The summed E-state index contributed by atoms with van der Waals surface area (Å²) < 4.78 is 1.60. The van der Waals surface area contributed by atoms with Crippen LogP contribution in [0.2, 0.25) is 0 Å². The van der Waals surface area contributed by atoms with Crippen LogP contribution in [0.25, 0.3) is 5.69 Å². The number of aromatic amines is 1. The largest absolute Gasteiger partial charge is 0.330 e. The number of nitrogens with two attached hydrogens (primary N) is 1. The van der Waals surface area contributed by atoms with Crippen LogP contribution in [0.4, 0.5) is 0 Å². The Morgan fingerprint density at radius 1 is 1.28 bits per heavy atom. The lowest BCUT2D eigenvalue weighted by molar-refractivity contribution is 0.253. The first-order valence-corrected chi connectivity index (χ1v) is 6.32. The Morgan fingerprint density at radius 2 is 2.00 bits per heavy atom. The van der Waals surface area contributed by atoms with Crippen molar-refractivity contribution >= 4 is 0 Å². The summed E-state index contributed by atoms with van der Waals surface area (Å²) in [7, 11) is 0. The molecule has 0 radical (unpaired) electrons. The minimum absolute atomic E-state index is 0.111. The summed E-state index contributed by atoms with van der Waals surface area (Å²) >= 11 is 0. The third-order valence-electron chi connectivity index (χ3n) is 4.11. The Hall–Kier alpha value is -1.81. The van der Waals surface area contributed by atoms with Crippen LogP contribution >= 0.6 is 0 Å². The molecule has 94 valence electrons. The first kappa shape index (κ1) is 11.3. The summed E-state index contributed by atoms with van der Waals surface area (Å²) in [6.07, 6.45) is 6.99. The smallest absolute Gasteiger partial charge is 0.330 e. The minimum Gasteiger partial charge on any atom is -0.330 e. The van der Waals surface area contributed by atoms with Gasteiger partial charge in [-0.3, -0.25) is 4.57 Å². The second-order valence-electron chi connectivity index (χ2n) is 5.02. The number of nitrogens with zero attached hydrogens (tertiary/aromatic N) is 1. The third-order valence-corrected chi connectivity index (χ3v) is 4.11. The van der Waals surface area contributed by atoms with E-state index in [9.17, 15) is 4.79 Å². The third kappa shape index (κ3) is 1.61. The van der Waals surface area contributed by atoms with Crippen LogP contribution in [-0.4, -0.2) is 16.1 Å². The molecule has 1 aliphatic carbocycles. The van der Waals surface area contributed by atoms with Gasteiger partial charge in [0.1, 0.15) is 0 Å². The van der Waals surface area contributed by atoms with E-state index in [-0.39, 0.29) is 11.1 Å². The second-order valence-corrected chi connectivity index (χ2v) is 5.02. The molecular weight excluding hydrogens is 226 g/mol. The molecule has 0 atom stereocenters. The first-order chi connectivity index (χ1) is 8.75. The van der Waals surface area contributed by atoms with E-state index in [1.807, 2.05) is 12.1 Å². The van der Waals surface area contributed by atoms with Crippen molar-refractivity contribution < 1.29 is 0 Å². The van der Waals surface area contributed by atoms with Crippen molar-refractivity contribution in [1.82, 2.24) is 9.55 Å². The fourth-order valence-electron chi connectivity index (χ4n) is 2.71. The lowest BCUT2D eigenvalue weighted by Gasteiger charge is -2.41. The number of hydrogen-bond acceptors (Lipinski definition) is 2. The van der Waals surface area contributed by atoms with Gasteiger partial charge >= 0.3 is 5.69 Å². The van der Waals surface area contributed by atoms with Crippen LogP contribution in [-0.2, 0) is 5.41 Å². The molecule has 0 saturated heterocycles. The van der Waals surface area contributed by atoms with Crippen molar-refractivity contribution in [3.8, 4) is 5.69 Å². The molecular formula is C14H17N3O. The van der Waals surface area contributed by atoms with Gasteiger partial charge in [0.05, 0.1) is 5.69 Å². The molecule has 1 saturated carbocycles. The fourth-order valence-corrected chi connectivity index (χ4v) is 2.71. The topological polar surface area (TPSA) is 63.8 Å². The van der Waals surface area contributed by atoms with Gasteiger partial charge in [-0.15, -0.1) is 0 Å². The zero-order chi connectivity index (χ0) is 12.6. The summed E-state index contributed by atoms with van der Waals surface area (Å²) in [5.41, 5.74) is 8.15. The van der Waals surface area contributed by atoms with E-state index in [2.05, 4.69) is 17.1 Å². The van der Waals surface area contributed by atoms with Crippen LogP contribution in [0, 0.1) is 0 Å². The molecule has 4 nitrogen and oxygen atoms in total. The monoisotopic (exact) mass is 243 g/mol. The molecule has 0 bridgehead atoms. The van der Waals surface area contributed by atoms with E-state index >= 15 is 0 Å². The van der Waals surface area contributed by atoms with Gasteiger partial charge in [0.2, 0.25) is 0 Å². The highest BCUT2D eigenvalue weighted by atomic mass is 16.1. The van der Waals surface area contributed by atoms with E-state index in [0.717, 1.165) is 5.69 Å². The minimum atomic E-state index is -0.111. The highest BCUT2D eigenvalue weighted by Crippen LogP contribution is 2.42. The maximum absolute atomic E-state index is 11.5. The van der Waals surface area contributed by atoms with Gasteiger partial charge in [0, 0.05) is 24.4 Å². The van der Waals surface area contributed by atoms with Gasteiger partial charge in [-0.1, -0.05) is 18.6 Å². The van der Waals surface area contributed by atoms with Gasteiger partial charge < -0.3 is 10.7 Å². The summed E-state index contributed by atoms with van der Waals surface area (Å²) in [5, 5.41) is 0. The molecule has 0 amide bonds. The zero-order valence-electron chi connectivity index (χ0n) is 10.2. The molecule has 1 aliphatic rings. The molecule has 1 heterocycles. The molecule has 1 fully saturated rings. The van der Waals surface area contributed by atoms with E-state index in [0.29, 0.717) is 6.54 Å². The van der Waals surface area contributed by atoms with E-state index < -0.39 is 0 Å². The highest BCUT2D eigenvalue weighted by molar-refractivity contribution is 5.38. The van der Waals surface area contributed by atoms with E-state index in [4.69, 9.17) is 5.73 Å². The molecule has 1 aromatic carbocycles. The Kier molecular flexibility index (Phi) is 2.59. The molecule has 18 heavy (non-hydrogen) atoms. The van der Waals surface area contributed by atoms with Crippen molar-refractivity contribution in [2.45, 2.75) is 24.7 Å². The van der Waals surface area contributed by atoms with Gasteiger partial charge in [-0.25, -0.2) is 4.79 Å². The van der Waals surface area contributed by atoms with Crippen LogP contribution < -0.4 is 11.4 Å². The number of hydrogen-bond donors (Lipinski definition) is 2. The molecule has 1 aromatic heterocycles. The Morgan fingerprint density at radius 3 is 2.44 bits per heavy atom. The summed E-state index contributed by atoms with van der Waals surface area (Å²) in [6, 6.07) is 8.17. The van der Waals surface area contributed by atoms with Crippen molar-refractivity contribution in [2.24, 2.45) is 5.73 Å². The predicted molar refractivity (Wildman–Crippen MR) is 71.0 cm³/mol. The van der Waals surface area contributed by atoms with Gasteiger partial charge in [-0.05, 0) is 30.5 Å². The van der Waals surface area contributed by atoms with Crippen molar-refractivity contribution in [2.75, 3.05) is 6.54 Å². The molecule has 0 spiro atoms. The summed E-state index contributed by atoms with van der Waals surface area (Å²) in [4.78, 5) is 14.1. The quantitative estimate of drug-likeness (QED) is 0.859. The summed E-state index contributed by atoms with van der Waals surface area (Å²) in [6.45, 7) is 0.705. The maximum atomic E-state index is 11.5. The molecule has 3 rings (SSSR count). The molecule has 0 unspecified atom stereocenters. The normalized spacial score (nSPS) is 17.4. The predicted octanol–water partition coefficient (Wildman–Crippen LogP) is 1.55. The van der Waals surface area contributed by atoms with Gasteiger partial charge in [-0.2, -0.15) is 0 Å². The molecule has 2 aromatic rings. The zero-order valence-corrected chi connectivity index (χ0v) is 10.2. The average molecular weight is 243 g/mol. The van der Waals surface area contributed by atoms with Crippen molar-refractivity contribution in [3.05, 3.63) is 52.7 Å². The van der Waals surface area contributed by atoms with Crippen LogP contribution in [0.3, 0.4) is 0 Å².